The van der Waals surface area contributed by atoms with Gasteiger partial charge >= 0.3 is 0 Å². The number of thiophene rings is 1. The molecule has 596 valence electrons. The smallest absolute Gasteiger partial charge is 0.0719 e. The summed E-state index contributed by atoms with van der Waals surface area (Å²) in [6, 6.07) is 156. The molecule has 19 aromatic carbocycles. The highest BCUT2D eigenvalue weighted by Crippen LogP contribution is 2.46. The summed E-state index contributed by atoms with van der Waals surface area (Å²) >= 11 is 1.90. The zero-order valence-electron chi connectivity index (χ0n) is 70.0. The molecule has 0 unspecified atom stereocenters. The average Bonchev–Trinajstić information content (AvgIpc) is 1.58. The molecule has 0 radical (unpaired) electrons. The van der Waals surface area contributed by atoms with Gasteiger partial charge in [0.05, 0.1) is 81.9 Å². The highest BCUT2D eigenvalue weighted by molar-refractivity contribution is 7.26. The number of fused-ring (bicyclic) bond motifs is 25. The highest BCUT2D eigenvalue weighted by Gasteiger charge is 2.23. The van der Waals surface area contributed by atoms with Crippen LogP contribution < -0.4 is 0 Å². The average molecular weight is 1630 g/mol. The lowest BCUT2D eigenvalue weighted by atomic mass is 10.1. The molecule has 7 nitrogen and oxygen atoms in total. The van der Waals surface area contributed by atoms with Crippen LogP contribution in [0.5, 0.6) is 0 Å². The molecule has 0 saturated heterocycles. The van der Waals surface area contributed by atoms with Gasteiger partial charge in [0.25, 0.3) is 0 Å². The molecule has 8 heteroatoms. The number of benzene rings is 19. The van der Waals surface area contributed by atoms with Crippen LogP contribution in [0.25, 0.3) is 213 Å². The van der Waals surface area contributed by atoms with Gasteiger partial charge in [-0.3, -0.25) is 0 Å². The molecular weight excluding hydrogens is 1550 g/mol. The fourth-order valence-electron chi connectivity index (χ4n) is 20.2. The minimum Gasteiger partial charge on any atom is -0.309 e. The lowest BCUT2D eigenvalue weighted by Crippen LogP contribution is -1.96. The van der Waals surface area contributed by atoms with Crippen LogP contribution in [0.15, 0.2) is 431 Å². The van der Waals surface area contributed by atoms with E-state index in [4.69, 9.17) is 0 Å². The van der Waals surface area contributed by atoms with Crippen molar-refractivity contribution < 1.29 is 0 Å². The van der Waals surface area contributed by atoms with E-state index in [0.717, 1.165) is 0 Å². The van der Waals surface area contributed by atoms with Crippen molar-refractivity contribution in [2.75, 3.05) is 0 Å². The van der Waals surface area contributed by atoms with Crippen LogP contribution in [0.1, 0.15) is 22.3 Å². The number of para-hydroxylation sites is 10. The van der Waals surface area contributed by atoms with Crippen LogP contribution in [0.2, 0.25) is 0 Å². The summed E-state index contributed by atoms with van der Waals surface area (Å²) in [6.07, 6.45) is 0. The lowest BCUT2D eigenvalue weighted by Gasteiger charge is -2.10. The normalized spacial score (nSPS) is 11.8. The van der Waals surface area contributed by atoms with Gasteiger partial charge in [0.15, 0.2) is 0 Å². The number of hydrogen-bond acceptors (Lipinski definition) is 1. The maximum Gasteiger partial charge on any atom is 0.0719 e. The zero-order valence-corrected chi connectivity index (χ0v) is 70.8. The lowest BCUT2D eigenvalue weighted by molar-refractivity contribution is 1.16. The molecule has 27 rings (SSSR count). The number of rotatable bonds is 7. The second-order valence-corrected chi connectivity index (χ2v) is 34.5. The second-order valence-electron chi connectivity index (χ2n) is 33.4. The Hall–Kier alpha value is -16.0. The van der Waals surface area contributed by atoms with Gasteiger partial charge in [-0.2, -0.15) is 0 Å². The van der Waals surface area contributed by atoms with Gasteiger partial charge in [0.2, 0.25) is 0 Å². The monoisotopic (exact) mass is 1630 g/mol. The van der Waals surface area contributed by atoms with E-state index in [1.165, 1.54) is 235 Å². The first-order chi connectivity index (χ1) is 62.2. The summed E-state index contributed by atoms with van der Waals surface area (Å²) in [7, 11) is 0. The third-order valence-corrected chi connectivity index (χ3v) is 26.9. The summed E-state index contributed by atoms with van der Waals surface area (Å²) in [5, 5.41) is 20.7. The van der Waals surface area contributed by atoms with E-state index in [0.29, 0.717) is 0 Å². The highest BCUT2D eigenvalue weighted by atomic mass is 32.1. The van der Waals surface area contributed by atoms with Gasteiger partial charge in [0.1, 0.15) is 0 Å². The van der Waals surface area contributed by atoms with Crippen LogP contribution in [0.3, 0.4) is 0 Å². The van der Waals surface area contributed by atoms with E-state index in [-0.39, 0.29) is 0 Å². The molecule has 8 heterocycles. The Morgan fingerprint density at radius 1 is 0.143 bits per heavy atom. The summed E-state index contributed by atoms with van der Waals surface area (Å²) < 4.78 is 19.5. The number of aryl methyl sites for hydroxylation is 4. The Morgan fingerprint density at radius 2 is 0.389 bits per heavy atom. The predicted octanol–water partition coefficient (Wildman–Crippen LogP) is 32.0. The minimum atomic E-state index is 1.18. The molecule has 0 amide bonds. The van der Waals surface area contributed by atoms with Crippen molar-refractivity contribution in [1.29, 1.82) is 0 Å². The van der Waals surface area contributed by atoms with Crippen molar-refractivity contribution in [3.63, 3.8) is 0 Å². The second kappa shape index (κ2) is 30.0. The standard InChI is InChI=1S/3C31H22N2.C25H17NS/c1-21-9-8-10-22(19-21)32-30-16-7-4-13-26(30)27-20-23(17-18-31(27)32)33-28-14-5-2-11-24(28)25-12-3-6-15-29(25)33;1-21-15-17-30-26(19-21)24-11-5-8-14-29(24)33(30)23-16-18-31-27(20-23)25-12-6-7-13-28(25)32(31)22-9-3-2-4-10-22;1-21-15-17-30-26(19-21)27-20-23(16-18-31(27)32(30)22-9-3-2-4-10-22)33-28-13-7-5-11-24(28)25-12-6-8-14-29(25)33;1-16-10-12-17(13-11-16)26-22-8-4-2-6-18(22)20-14-15-21-19-7-3-5-9-23(19)27-25(21)24(20)26/h3*2-20H,1H3;2-15H,1H3. The van der Waals surface area contributed by atoms with E-state index >= 15 is 0 Å². The Balaban J connectivity index is 0.0000000942. The topological polar surface area (TPSA) is 34.5 Å². The van der Waals surface area contributed by atoms with Crippen molar-refractivity contribution in [3.05, 3.63) is 453 Å². The largest absolute Gasteiger partial charge is 0.309 e. The molecule has 0 aliphatic heterocycles. The zero-order chi connectivity index (χ0) is 83.8. The van der Waals surface area contributed by atoms with Crippen LogP contribution in [-0.2, 0) is 0 Å². The van der Waals surface area contributed by atoms with E-state index in [2.05, 4.69) is 490 Å². The first kappa shape index (κ1) is 73.9. The van der Waals surface area contributed by atoms with Crippen LogP contribution in [0.4, 0.5) is 0 Å². The molecule has 0 aliphatic rings. The van der Waals surface area contributed by atoms with Crippen LogP contribution in [0, 0.1) is 27.7 Å². The minimum absolute atomic E-state index is 1.18. The number of hydrogen-bond donors (Lipinski definition) is 0. The van der Waals surface area contributed by atoms with Crippen LogP contribution in [-0.4, -0.2) is 32.0 Å². The van der Waals surface area contributed by atoms with Crippen molar-refractivity contribution in [1.82, 2.24) is 32.0 Å². The quantitative estimate of drug-likeness (QED) is 0.152. The Kier molecular flexibility index (Phi) is 17.6. The van der Waals surface area contributed by atoms with Crippen molar-refractivity contribution >= 4 is 184 Å². The molecule has 8 aromatic heterocycles. The molecule has 27 aromatic rings. The van der Waals surface area contributed by atoms with Gasteiger partial charge in [0, 0.05) is 131 Å². The molecule has 126 heavy (non-hydrogen) atoms. The maximum absolute atomic E-state index is 2.43. The van der Waals surface area contributed by atoms with Crippen molar-refractivity contribution in [2.24, 2.45) is 0 Å². The fourth-order valence-corrected chi connectivity index (χ4v) is 21.4. The maximum atomic E-state index is 2.43. The third-order valence-electron chi connectivity index (χ3n) is 25.7. The molecule has 0 atom stereocenters. The van der Waals surface area contributed by atoms with Gasteiger partial charge < -0.3 is 32.0 Å². The first-order valence-electron chi connectivity index (χ1n) is 43.4. The molecule has 0 bridgehead atoms. The van der Waals surface area contributed by atoms with Gasteiger partial charge in [-0.1, -0.05) is 265 Å². The summed E-state index contributed by atoms with van der Waals surface area (Å²) in [4.78, 5) is 0. The van der Waals surface area contributed by atoms with Crippen molar-refractivity contribution in [3.8, 4) is 39.8 Å². The first-order valence-corrected chi connectivity index (χ1v) is 44.2. The molecule has 0 fully saturated rings. The molecular formula is C118H83N7S. The number of aromatic nitrogens is 7. The van der Waals surface area contributed by atoms with E-state index in [1.807, 2.05) is 11.3 Å². The number of nitrogens with zero attached hydrogens (tertiary/aromatic N) is 7. The Morgan fingerprint density at radius 3 is 0.786 bits per heavy atom. The summed E-state index contributed by atoms with van der Waals surface area (Å²) in [5.41, 5.74) is 30.9. The van der Waals surface area contributed by atoms with E-state index in [1.54, 1.807) is 0 Å². The molecule has 0 aliphatic carbocycles. The molecule has 0 saturated carbocycles. The van der Waals surface area contributed by atoms with Crippen molar-refractivity contribution in [2.45, 2.75) is 27.7 Å². The van der Waals surface area contributed by atoms with Crippen LogP contribution >= 0.6 is 11.3 Å². The molecule has 0 N–H and O–H groups in total. The van der Waals surface area contributed by atoms with Gasteiger partial charge in [-0.15, -0.1) is 11.3 Å². The fraction of sp³-hybridized carbons (Fsp3) is 0.0339. The van der Waals surface area contributed by atoms with E-state index in [9.17, 15) is 0 Å². The van der Waals surface area contributed by atoms with Gasteiger partial charge in [-0.05, 0) is 215 Å². The van der Waals surface area contributed by atoms with E-state index < -0.39 is 0 Å². The summed E-state index contributed by atoms with van der Waals surface area (Å²) in [6.45, 7) is 8.62. The summed E-state index contributed by atoms with van der Waals surface area (Å²) in [5.74, 6) is 0. The molecule has 0 spiro atoms. The third kappa shape index (κ3) is 12.0. The SMILES string of the molecule is Cc1ccc(-n2c3ccccc3c3ccc4c5ccccc5sc4c32)cc1.Cc1ccc2c(c1)c1cc(-n3c4ccccc4c4ccccc43)ccc1n2-c1ccccc1.Cc1ccc2c(c1)c1ccccc1n2-c1ccc2c(c1)c1ccccc1n2-c1ccccc1.Cc1cccc(-n2c3ccccc3c3cc(-n4c5ccccc5c5ccccc54)ccc32)c1. The Labute approximate surface area is 731 Å². The van der Waals surface area contributed by atoms with Gasteiger partial charge in [-0.25, -0.2) is 0 Å². The Bertz CT molecular complexity index is 8920. The predicted molar refractivity (Wildman–Crippen MR) is 538 cm³/mol.